The highest BCUT2D eigenvalue weighted by molar-refractivity contribution is 5.81. The number of amides is 1. The lowest BCUT2D eigenvalue weighted by Crippen LogP contribution is -2.50. The maximum atomic E-state index is 13.3. The Morgan fingerprint density at radius 1 is 1.14 bits per heavy atom. The Kier molecular flexibility index (Phi) is 6.10. The van der Waals surface area contributed by atoms with E-state index in [9.17, 15) is 14.7 Å². The maximum absolute atomic E-state index is 13.3. The number of rotatable bonds is 6. The van der Waals surface area contributed by atoms with Gasteiger partial charge in [-0.05, 0) is 43.4 Å². The average molecular weight is 493 g/mol. The Bertz CT molecular complexity index is 1320. The van der Waals surface area contributed by atoms with E-state index in [0.717, 1.165) is 51.4 Å². The Hall–Kier alpha value is -3.08. The third-order valence-corrected chi connectivity index (χ3v) is 7.62. The van der Waals surface area contributed by atoms with Crippen molar-refractivity contribution in [2.75, 3.05) is 39.4 Å². The molecule has 190 valence electrons. The molecule has 1 saturated carbocycles. The molecule has 10 heteroatoms. The fourth-order valence-corrected chi connectivity index (χ4v) is 5.26. The van der Waals surface area contributed by atoms with Gasteiger partial charge in [0.15, 0.2) is 5.65 Å². The number of aliphatic hydroxyl groups is 1. The number of likely N-dealkylation sites (tertiary alicyclic amines) is 1. The quantitative estimate of drug-likeness (QED) is 0.551. The van der Waals surface area contributed by atoms with E-state index in [4.69, 9.17) is 4.74 Å². The molecule has 1 N–H and O–H groups in total. The Morgan fingerprint density at radius 2 is 1.92 bits per heavy atom. The highest BCUT2D eigenvalue weighted by Gasteiger charge is 2.39. The third-order valence-electron chi connectivity index (χ3n) is 7.62. The molecule has 0 radical (unpaired) electrons. The van der Waals surface area contributed by atoms with Crippen molar-refractivity contribution in [1.82, 2.24) is 29.1 Å². The Balaban J connectivity index is 1.19. The van der Waals surface area contributed by atoms with Gasteiger partial charge >= 0.3 is 0 Å². The molecule has 4 heterocycles. The molecule has 1 aromatic carbocycles. The first-order chi connectivity index (χ1) is 17.5. The van der Waals surface area contributed by atoms with Gasteiger partial charge in [0.05, 0.1) is 37.2 Å². The molecule has 10 nitrogen and oxygen atoms in total. The van der Waals surface area contributed by atoms with Crippen LogP contribution < -0.4 is 5.56 Å². The molecule has 2 saturated heterocycles. The summed E-state index contributed by atoms with van der Waals surface area (Å²) in [7, 11) is 0. The van der Waals surface area contributed by atoms with Gasteiger partial charge in [-0.25, -0.2) is 9.67 Å². The molecule has 1 amide bonds. The number of carbonyl (C=O) groups is 1. The fourth-order valence-electron chi connectivity index (χ4n) is 5.26. The minimum Gasteiger partial charge on any atom is -0.388 e. The van der Waals surface area contributed by atoms with Gasteiger partial charge in [0.25, 0.3) is 5.56 Å². The molecule has 0 spiro atoms. The second-order valence-corrected chi connectivity index (χ2v) is 10.4. The van der Waals surface area contributed by atoms with Crippen LogP contribution in [0.1, 0.15) is 31.2 Å². The first-order valence-corrected chi connectivity index (χ1v) is 12.8. The van der Waals surface area contributed by atoms with E-state index < -0.39 is 5.60 Å². The maximum Gasteiger partial charge on any atom is 0.264 e. The lowest BCUT2D eigenvalue weighted by molar-refractivity contribution is -0.137. The number of hydrogen-bond acceptors (Lipinski definition) is 7. The summed E-state index contributed by atoms with van der Waals surface area (Å²) in [5, 5.41) is 16.1. The zero-order chi connectivity index (χ0) is 24.7. The number of aromatic nitrogens is 4. The highest BCUT2D eigenvalue weighted by Crippen LogP contribution is 2.33. The summed E-state index contributed by atoms with van der Waals surface area (Å²) in [6, 6.07) is 8.13. The molecule has 0 atom stereocenters. The van der Waals surface area contributed by atoms with Crippen LogP contribution in [0.3, 0.4) is 0 Å². The van der Waals surface area contributed by atoms with Crippen LogP contribution in [0.15, 0.2) is 41.6 Å². The van der Waals surface area contributed by atoms with Crippen LogP contribution in [0.25, 0.3) is 16.7 Å². The van der Waals surface area contributed by atoms with Gasteiger partial charge in [-0.1, -0.05) is 12.1 Å². The summed E-state index contributed by atoms with van der Waals surface area (Å²) in [6.07, 6.45) is 5.91. The number of fused-ring (bicyclic) bond motifs is 1. The van der Waals surface area contributed by atoms with Crippen molar-refractivity contribution in [2.24, 2.45) is 5.92 Å². The van der Waals surface area contributed by atoms with Crippen molar-refractivity contribution in [3.8, 4) is 5.69 Å². The first-order valence-electron chi connectivity index (χ1n) is 12.8. The van der Waals surface area contributed by atoms with Gasteiger partial charge in [0.1, 0.15) is 11.7 Å². The van der Waals surface area contributed by atoms with Crippen molar-refractivity contribution in [3.63, 3.8) is 0 Å². The van der Waals surface area contributed by atoms with E-state index in [1.54, 1.807) is 10.9 Å². The monoisotopic (exact) mass is 492 g/mol. The van der Waals surface area contributed by atoms with Gasteiger partial charge in [-0.2, -0.15) is 5.10 Å². The molecule has 2 aliphatic heterocycles. The van der Waals surface area contributed by atoms with E-state index in [-0.39, 0.29) is 23.9 Å². The number of piperidine rings is 1. The van der Waals surface area contributed by atoms with Gasteiger partial charge in [-0.3, -0.25) is 19.1 Å². The number of nitrogens with zero attached hydrogens (tertiary/aromatic N) is 6. The summed E-state index contributed by atoms with van der Waals surface area (Å²) < 4.78 is 8.61. The molecule has 3 aromatic rings. The summed E-state index contributed by atoms with van der Waals surface area (Å²) in [4.78, 5) is 34.4. The van der Waals surface area contributed by atoms with E-state index in [0.29, 0.717) is 37.0 Å². The summed E-state index contributed by atoms with van der Waals surface area (Å²) in [6.45, 7) is 5.37. The van der Waals surface area contributed by atoms with E-state index in [2.05, 4.69) is 27.1 Å². The van der Waals surface area contributed by atoms with Crippen LogP contribution in [0, 0.1) is 5.92 Å². The highest BCUT2D eigenvalue weighted by atomic mass is 16.5. The zero-order valence-corrected chi connectivity index (χ0v) is 20.4. The van der Waals surface area contributed by atoms with Crippen LogP contribution in [0.2, 0.25) is 0 Å². The van der Waals surface area contributed by atoms with Gasteiger partial charge in [0.2, 0.25) is 5.91 Å². The number of morpholine rings is 1. The largest absolute Gasteiger partial charge is 0.388 e. The Morgan fingerprint density at radius 3 is 2.67 bits per heavy atom. The molecule has 3 aliphatic rings. The molecule has 36 heavy (non-hydrogen) atoms. The van der Waals surface area contributed by atoms with Crippen molar-refractivity contribution in [1.29, 1.82) is 0 Å². The lowest BCUT2D eigenvalue weighted by Gasteiger charge is -2.38. The SMILES string of the molecule is O=C(C1CC1)N1CCC(O)(Cn2cnc3c(cnn3-c3cccc(CN4CCOCC4)c3)c2=O)CC1. The van der Waals surface area contributed by atoms with Gasteiger partial charge in [-0.15, -0.1) is 0 Å². The lowest BCUT2D eigenvalue weighted by atomic mass is 9.91. The van der Waals surface area contributed by atoms with E-state index >= 15 is 0 Å². The summed E-state index contributed by atoms with van der Waals surface area (Å²) in [5.41, 5.74) is 1.26. The third kappa shape index (κ3) is 4.68. The first kappa shape index (κ1) is 23.3. The van der Waals surface area contributed by atoms with Crippen molar-refractivity contribution in [3.05, 3.63) is 52.7 Å². The van der Waals surface area contributed by atoms with Crippen LogP contribution in [0.5, 0.6) is 0 Å². The molecular weight excluding hydrogens is 460 g/mol. The van der Waals surface area contributed by atoms with Crippen LogP contribution >= 0.6 is 0 Å². The molecule has 3 fully saturated rings. The molecular formula is C26H32N6O4. The van der Waals surface area contributed by atoms with E-state index in [1.807, 2.05) is 17.0 Å². The molecule has 0 unspecified atom stereocenters. The topological polar surface area (TPSA) is 106 Å². The summed E-state index contributed by atoms with van der Waals surface area (Å²) >= 11 is 0. The minimum atomic E-state index is -1.04. The predicted molar refractivity (Wildman–Crippen MR) is 133 cm³/mol. The van der Waals surface area contributed by atoms with E-state index in [1.165, 1.54) is 16.5 Å². The second kappa shape index (κ2) is 9.42. The standard InChI is InChI=1S/C26H32N6O4/c33-24(20-4-5-20)30-8-6-26(35,7-9-30)17-31-18-27-23-22(25(31)34)15-28-32(23)21-3-1-2-19(14-21)16-29-10-12-36-13-11-29/h1-3,14-15,18,20,35H,4-13,16-17H2. The Labute approximate surface area is 209 Å². The number of ether oxygens (including phenoxy) is 1. The van der Waals surface area contributed by atoms with Crippen LogP contribution in [-0.2, 0) is 22.6 Å². The molecule has 2 aromatic heterocycles. The van der Waals surface area contributed by atoms with Gasteiger partial charge in [0, 0.05) is 38.6 Å². The molecule has 6 rings (SSSR count). The molecule has 0 bridgehead atoms. The smallest absolute Gasteiger partial charge is 0.264 e. The number of benzene rings is 1. The number of hydrogen-bond donors (Lipinski definition) is 1. The second-order valence-electron chi connectivity index (χ2n) is 10.4. The number of carbonyl (C=O) groups excluding carboxylic acids is 1. The van der Waals surface area contributed by atoms with Crippen LogP contribution in [-0.4, -0.2) is 85.1 Å². The fraction of sp³-hybridized carbons (Fsp3) is 0.538. The summed E-state index contributed by atoms with van der Waals surface area (Å²) in [5.74, 6) is 0.390. The molecule has 1 aliphatic carbocycles. The minimum absolute atomic E-state index is 0.153. The van der Waals surface area contributed by atoms with Crippen molar-refractivity contribution < 1.29 is 14.6 Å². The zero-order valence-electron chi connectivity index (χ0n) is 20.4. The predicted octanol–water partition coefficient (Wildman–Crippen LogP) is 1.18. The normalized spacial score (nSPS) is 20.6. The average Bonchev–Trinajstić information content (AvgIpc) is 3.65. The van der Waals surface area contributed by atoms with Crippen molar-refractivity contribution >= 4 is 16.9 Å². The van der Waals surface area contributed by atoms with Crippen LogP contribution in [0.4, 0.5) is 0 Å². The van der Waals surface area contributed by atoms with Gasteiger partial charge < -0.3 is 14.7 Å². The van der Waals surface area contributed by atoms with Crippen molar-refractivity contribution in [2.45, 2.75) is 44.4 Å².